The Morgan fingerprint density at radius 2 is 1.85 bits per heavy atom. The summed E-state index contributed by atoms with van der Waals surface area (Å²) in [6.45, 7) is 8.71. The van der Waals surface area contributed by atoms with Gasteiger partial charge in [0.05, 0.1) is 34.6 Å². The lowest BCUT2D eigenvalue weighted by Gasteiger charge is -2.60. The first-order chi connectivity index (χ1) is 19.7. The van der Waals surface area contributed by atoms with Crippen LogP contribution in [-0.2, 0) is 15.1 Å². The van der Waals surface area contributed by atoms with E-state index in [0.29, 0.717) is 59.0 Å². The zero-order chi connectivity index (χ0) is 28.5. The predicted molar refractivity (Wildman–Crippen MR) is 147 cm³/mol. The highest BCUT2D eigenvalue weighted by Crippen LogP contribution is 2.48. The number of aldehydes is 1. The molecule has 0 radical (unpaired) electrons. The third kappa shape index (κ3) is 4.16. The second-order valence-corrected chi connectivity index (χ2v) is 12.2. The topological polar surface area (TPSA) is 171 Å². The average Bonchev–Trinajstić information content (AvgIpc) is 3.51. The van der Waals surface area contributed by atoms with Crippen molar-refractivity contribution in [1.29, 1.82) is 0 Å². The number of hydrogen-bond donors (Lipinski definition) is 1. The van der Waals surface area contributed by atoms with Crippen LogP contribution in [0.5, 0.6) is 0 Å². The van der Waals surface area contributed by atoms with Crippen molar-refractivity contribution in [3.8, 4) is 22.8 Å². The summed E-state index contributed by atoms with van der Waals surface area (Å²) in [7, 11) is 0. The molecule has 1 spiro atoms. The molecule has 14 nitrogen and oxygen atoms in total. The Balaban J connectivity index is 1.17. The van der Waals surface area contributed by atoms with E-state index in [2.05, 4.69) is 20.0 Å². The minimum absolute atomic E-state index is 0.0363. The van der Waals surface area contributed by atoms with Crippen molar-refractivity contribution in [1.82, 2.24) is 39.8 Å². The molecule has 7 rings (SSSR count). The van der Waals surface area contributed by atoms with Crippen molar-refractivity contribution >= 4 is 34.9 Å². The van der Waals surface area contributed by atoms with Crippen LogP contribution in [0.1, 0.15) is 45.3 Å². The maximum absolute atomic E-state index is 11.9. The Hall–Kier alpha value is -4.62. The number of ether oxygens (including phenoxy) is 1. The number of carbonyl (C=O) groups excluding carboxylic acids is 2. The van der Waals surface area contributed by atoms with E-state index in [1.807, 2.05) is 25.5 Å². The Morgan fingerprint density at radius 1 is 1.12 bits per heavy atom. The summed E-state index contributed by atoms with van der Waals surface area (Å²) in [6.07, 6.45) is 7.20. The van der Waals surface area contributed by atoms with Gasteiger partial charge in [-0.1, -0.05) is 5.16 Å². The van der Waals surface area contributed by atoms with Gasteiger partial charge in [-0.2, -0.15) is 5.10 Å². The van der Waals surface area contributed by atoms with Gasteiger partial charge in [-0.3, -0.25) is 4.79 Å². The van der Waals surface area contributed by atoms with Crippen LogP contribution in [0.4, 0.5) is 16.3 Å². The largest absolute Gasteiger partial charge is 0.442 e. The van der Waals surface area contributed by atoms with Crippen LogP contribution >= 0.6 is 0 Å². The van der Waals surface area contributed by atoms with Crippen molar-refractivity contribution in [2.75, 3.05) is 43.4 Å². The molecule has 212 valence electrons. The molecule has 41 heavy (non-hydrogen) atoms. The van der Waals surface area contributed by atoms with Crippen LogP contribution in [0, 0.1) is 5.41 Å². The zero-order valence-corrected chi connectivity index (χ0v) is 23.1. The van der Waals surface area contributed by atoms with Gasteiger partial charge in [0, 0.05) is 37.5 Å². The number of nitrogen functional groups attached to an aromatic ring is 1. The molecule has 1 saturated carbocycles. The molecule has 0 atom stereocenters. The molecule has 0 unspecified atom stereocenters. The number of anilines is 2. The molecule has 2 N–H and O–H groups in total. The van der Waals surface area contributed by atoms with E-state index in [-0.39, 0.29) is 23.5 Å². The van der Waals surface area contributed by atoms with Crippen molar-refractivity contribution in [3.63, 3.8) is 0 Å². The highest BCUT2D eigenvalue weighted by molar-refractivity contribution is 6.00. The Kier molecular flexibility index (Phi) is 5.53. The van der Waals surface area contributed by atoms with Gasteiger partial charge in [-0.15, -0.1) is 0 Å². The van der Waals surface area contributed by atoms with Gasteiger partial charge in [-0.25, -0.2) is 29.4 Å². The summed E-state index contributed by atoms with van der Waals surface area (Å²) in [6, 6.07) is 0. The zero-order valence-electron chi connectivity index (χ0n) is 23.1. The van der Waals surface area contributed by atoms with E-state index in [4.69, 9.17) is 30.1 Å². The number of hydrogen-bond acceptors (Lipinski definition) is 12. The molecule has 4 aromatic rings. The van der Waals surface area contributed by atoms with E-state index in [1.165, 1.54) is 6.33 Å². The summed E-state index contributed by atoms with van der Waals surface area (Å²) < 4.78 is 12.6. The number of amides is 1. The molecule has 4 aromatic heterocycles. The number of rotatable bonds is 6. The van der Waals surface area contributed by atoms with Crippen molar-refractivity contribution in [2.45, 2.75) is 45.1 Å². The van der Waals surface area contributed by atoms with Gasteiger partial charge >= 0.3 is 6.09 Å². The maximum Gasteiger partial charge on any atom is 0.410 e. The molecular weight excluding hydrogens is 528 g/mol. The van der Waals surface area contributed by atoms with E-state index < -0.39 is 6.09 Å². The SMILES string of the molecule is CC(C)(C)n1nc(-c2noc(C3CC3)c2-c2ncc(N3CC4(CN(C(=O)OCC=O)C4)C3)cn2)c2c(N)ncnc21. The number of aromatic nitrogens is 7. The normalized spacial score (nSPS) is 17.9. The molecule has 14 heteroatoms. The van der Waals surface area contributed by atoms with Crippen molar-refractivity contribution < 1.29 is 18.8 Å². The maximum atomic E-state index is 11.9. The Bertz CT molecular complexity index is 1650. The first-order valence-corrected chi connectivity index (χ1v) is 13.6. The van der Waals surface area contributed by atoms with Gasteiger partial charge in [-0.05, 0) is 33.6 Å². The molecular formula is C27H30N10O4. The summed E-state index contributed by atoms with van der Waals surface area (Å²) in [5.74, 6) is 1.83. The lowest BCUT2D eigenvalue weighted by molar-refractivity contribution is -0.111. The summed E-state index contributed by atoms with van der Waals surface area (Å²) in [4.78, 5) is 44.4. The second kappa shape index (κ2) is 8.94. The van der Waals surface area contributed by atoms with Crippen LogP contribution in [0.3, 0.4) is 0 Å². The van der Waals surface area contributed by atoms with E-state index in [9.17, 15) is 9.59 Å². The van der Waals surface area contributed by atoms with Crippen LogP contribution in [0.15, 0.2) is 23.2 Å². The third-order valence-electron chi connectivity index (χ3n) is 7.89. The highest BCUT2D eigenvalue weighted by atomic mass is 16.6. The van der Waals surface area contributed by atoms with Gasteiger partial charge in [0.2, 0.25) is 0 Å². The molecule has 0 aromatic carbocycles. The number of fused-ring (bicyclic) bond motifs is 1. The fourth-order valence-electron chi connectivity index (χ4n) is 5.76. The summed E-state index contributed by atoms with van der Waals surface area (Å²) in [5, 5.41) is 9.98. The number of nitrogens with two attached hydrogens (primary N) is 1. The molecule has 2 aliphatic heterocycles. The minimum Gasteiger partial charge on any atom is -0.442 e. The monoisotopic (exact) mass is 558 g/mol. The van der Waals surface area contributed by atoms with Crippen LogP contribution in [0.25, 0.3) is 33.8 Å². The number of nitrogens with zero attached hydrogens (tertiary/aromatic N) is 9. The van der Waals surface area contributed by atoms with Crippen molar-refractivity contribution in [2.24, 2.45) is 5.41 Å². The number of carbonyl (C=O) groups is 2. The Labute approximate surface area is 234 Å². The lowest BCUT2D eigenvalue weighted by Crippen LogP contribution is -2.73. The molecule has 3 fully saturated rings. The van der Waals surface area contributed by atoms with E-state index in [1.54, 1.807) is 17.3 Å². The molecule has 1 aliphatic carbocycles. The number of likely N-dealkylation sites (tertiary alicyclic amines) is 1. The van der Waals surface area contributed by atoms with E-state index in [0.717, 1.165) is 37.4 Å². The van der Waals surface area contributed by atoms with Crippen molar-refractivity contribution in [3.05, 3.63) is 24.5 Å². The summed E-state index contributed by atoms with van der Waals surface area (Å²) in [5.41, 5.74) is 9.30. The second-order valence-electron chi connectivity index (χ2n) is 12.2. The third-order valence-corrected chi connectivity index (χ3v) is 7.89. The molecule has 2 saturated heterocycles. The van der Waals surface area contributed by atoms with Crippen LogP contribution in [-0.4, -0.2) is 84.9 Å². The molecule has 3 aliphatic rings. The van der Waals surface area contributed by atoms with E-state index >= 15 is 0 Å². The molecule has 1 amide bonds. The lowest BCUT2D eigenvalue weighted by atomic mass is 9.73. The predicted octanol–water partition coefficient (Wildman–Crippen LogP) is 2.61. The van der Waals surface area contributed by atoms with Gasteiger partial charge in [0.1, 0.15) is 30.1 Å². The van der Waals surface area contributed by atoms with Gasteiger partial charge in [0.25, 0.3) is 0 Å². The molecule has 6 heterocycles. The highest BCUT2D eigenvalue weighted by Gasteiger charge is 2.54. The molecule has 0 bridgehead atoms. The first kappa shape index (κ1) is 25.4. The average molecular weight is 559 g/mol. The van der Waals surface area contributed by atoms with Crippen LogP contribution in [0.2, 0.25) is 0 Å². The minimum atomic E-state index is -0.446. The van der Waals surface area contributed by atoms with Gasteiger partial charge < -0.3 is 24.8 Å². The summed E-state index contributed by atoms with van der Waals surface area (Å²) >= 11 is 0. The Morgan fingerprint density at radius 3 is 2.51 bits per heavy atom. The van der Waals surface area contributed by atoms with Gasteiger partial charge in [0.15, 0.2) is 23.5 Å². The standard InChI is InChI=1S/C27H30N10O4/c1-26(2,3)37-24-18(22(28)31-14-32-24)19(33-37)20-17(21(41-34-20)15-4-5-15)23-29-8-16(9-30-23)35-10-27(11-35)12-36(13-27)25(39)40-7-6-38/h6,8-9,14-15H,4-5,7,10-13H2,1-3H3,(H2,28,31,32). The quantitative estimate of drug-likeness (QED) is 0.343. The fourth-order valence-corrected chi connectivity index (χ4v) is 5.76. The smallest absolute Gasteiger partial charge is 0.410 e. The van der Waals surface area contributed by atoms with Crippen LogP contribution < -0.4 is 10.6 Å². The fraction of sp³-hybridized carbons (Fsp3) is 0.481. The first-order valence-electron chi connectivity index (χ1n) is 13.6.